The summed E-state index contributed by atoms with van der Waals surface area (Å²) in [5.74, 6) is 0.759. The first-order valence-corrected chi connectivity index (χ1v) is 7.33. The van der Waals surface area contributed by atoms with Crippen LogP contribution in [-0.2, 0) is 11.2 Å². The highest BCUT2D eigenvalue weighted by molar-refractivity contribution is 5.87. The number of carbonyl (C=O) groups is 1. The third-order valence-electron chi connectivity index (χ3n) is 4.25. The van der Waals surface area contributed by atoms with E-state index in [9.17, 15) is 4.79 Å². The van der Waals surface area contributed by atoms with Gasteiger partial charge < -0.3 is 0 Å². The number of Topliss-reactive ketones (excluding diaryl/α,β-unsaturated/α-hetero) is 1. The number of rotatable bonds is 3. The molecule has 0 aromatic heterocycles. The molecule has 3 rings (SSSR count). The molecule has 1 fully saturated rings. The molecule has 98 valence electrons. The quantitative estimate of drug-likeness (QED) is 0.784. The smallest absolute Gasteiger partial charge is 0.140 e. The van der Waals surface area contributed by atoms with Gasteiger partial charge in [0.2, 0.25) is 0 Å². The Morgan fingerprint density at radius 3 is 2.47 bits per heavy atom. The first-order chi connectivity index (χ1) is 9.33. The number of fused-ring (bicyclic) bond motifs is 1. The molecular weight excluding hydrogens is 232 g/mol. The molecule has 2 aromatic rings. The minimum Gasteiger partial charge on any atom is -0.299 e. The van der Waals surface area contributed by atoms with Gasteiger partial charge in [0.05, 0.1) is 0 Å². The van der Waals surface area contributed by atoms with Gasteiger partial charge in [-0.2, -0.15) is 0 Å². The van der Waals surface area contributed by atoms with E-state index >= 15 is 0 Å². The Kier molecular flexibility index (Phi) is 3.63. The maximum Gasteiger partial charge on any atom is 0.140 e. The van der Waals surface area contributed by atoms with Gasteiger partial charge in [-0.15, -0.1) is 0 Å². The normalized spacial score (nSPS) is 16.6. The molecule has 0 aliphatic heterocycles. The fourth-order valence-electron chi connectivity index (χ4n) is 3.12. The summed E-state index contributed by atoms with van der Waals surface area (Å²) in [6, 6.07) is 14.7. The van der Waals surface area contributed by atoms with Crippen molar-refractivity contribution in [1.29, 1.82) is 0 Å². The van der Waals surface area contributed by atoms with E-state index < -0.39 is 0 Å². The monoisotopic (exact) mass is 252 g/mol. The zero-order valence-corrected chi connectivity index (χ0v) is 11.3. The van der Waals surface area contributed by atoms with E-state index in [1.165, 1.54) is 30.0 Å². The predicted molar refractivity (Wildman–Crippen MR) is 79.2 cm³/mol. The van der Waals surface area contributed by atoms with E-state index in [-0.39, 0.29) is 0 Å². The van der Waals surface area contributed by atoms with Gasteiger partial charge in [0.25, 0.3) is 0 Å². The molecule has 0 amide bonds. The maximum absolute atomic E-state index is 12.3. The van der Waals surface area contributed by atoms with Crippen LogP contribution in [0.5, 0.6) is 0 Å². The van der Waals surface area contributed by atoms with Gasteiger partial charge in [-0.1, -0.05) is 61.7 Å². The zero-order chi connectivity index (χ0) is 13.1. The van der Waals surface area contributed by atoms with Crippen molar-refractivity contribution in [2.24, 2.45) is 5.92 Å². The van der Waals surface area contributed by atoms with Crippen molar-refractivity contribution in [2.75, 3.05) is 0 Å². The van der Waals surface area contributed by atoms with Crippen molar-refractivity contribution in [2.45, 2.75) is 38.5 Å². The Balaban J connectivity index is 1.75. The van der Waals surface area contributed by atoms with E-state index in [2.05, 4.69) is 42.5 Å². The van der Waals surface area contributed by atoms with E-state index in [0.717, 1.165) is 18.4 Å². The number of hydrogen-bond acceptors (Lipinski definition) is 1. The van der Waals surface area contributed by atoms with Gasteiger partial charge in [0.15, 0.2) is 0 Å². The predicted octanol–water partition coefficient (Wildman–Crippen LogP) is 4.53. The van der Waals surface area contributed by atoms with Crippen LogP contribution in [0.2, 0.25) is 0 Å². The Bertz CT molecular complexity index is 579. The topological polar surface area (TPSA) is 17.1 Å². The molecule has 1 saturated carbocycles. The third kappa shape index (κ3) is 2.86. The Morgan fingerprint density at radius 1 is 0.947 bits per heavy atom. The second kappa shape index (κ2) is 5.56. The Morgan fingerprint density at radius 2 is 1.68 bits per heavy atom. The molecule has 0 bridgehead atoms. The SMILES string of the molecule is O=C(Cc1ccc2ccccc2c1)C1CCCCC1. The van der Waals surface area contributed by atoms with Gasteiger partial charge in [0.1, 0.15) is 5.78 Å². The lowest BCUT2D eigenvalue weighted by Gasteiger charge is -2.20. The molecular formula is C18H20O. The van der Waals surface area contributed by atoms with Crippen LogP contribution in [0.1, 0.15) is 37.7 Å². The van der Waals surface area contributed by atoms with Crippen LogP contribution < -0.4 is 0 Å². The van der Waals surface area contributed by atoms with Crippen molar-refractivity contribution in [3.05, 3.63) is 48.0 Å². The third-order valence-corrected chi connectivity index (χ3v) is 4.25. The molecule has 0 heterocycles. The highest BCUT2D eigenvalue weighted by atomic mass is 16.1. The zero-order valence-electron chi connectivity index (χ0n) is 11.3. The van der Waals surface area contributed by atoms with Crippen LogP contribution in [0, 0.1) is 5.92 Å². The fraction of sp³-hybridized carbons (Fsp3) is 0.389. The molecule has 0 spiro atoms. The number of benzene rings is 2. The average Bonchev–Trinajstić information content (AvgIpc) is 2.48. The maximum atomic E-state index is 12.3. The van der Waals surface area contributed by atoms with Gasteiger partial charge in [-0.05, 0) is 29.2 Å². The summed E-state index contributed by atoms with van der Waals surface area (Å²) < 4.78 is 0. The summed E-state index contributed by atoms with van der Waals surface area (Å²) in [6.07, 6.45) is 6.58. The second-order valence-corrected chi connectivity index (χ2v) is 5.66. The Hall–Kier alpha value is -1.63. The lowest BCUT2D eigenvalue weighted by molar-refractivity contribution is -0.123. The summed E-state index contributed by atoms with van der Waals surface area (Å²) in [5, 5.41) is 2.48. The van der Waals surface area contributed by atoms with Crippen molar-refractivity contribution >= 4 is 16.6 Å². The Labute approximate surface area is 114 Å². The molecule has 0 N–H and O–H groups in total. The van der Waals surface area contributed by atoms with E-state index in [4.69, 9.17) is 0 Å². The molecule has 2 aromatic carbocycles. The van der Waals surface area contributed by atoms with Gasteiger partial charge >= 0.3 is 0 Å². The average molecular weight is 252 g/mol. The summed E-state index contributed by atoms with van der Waals surface area (Å²) in [5.41, 5.74) is 1.16. The summed E-state index contributed by atoms with van der Waals surface area (Å²) in [6.45, 7) is 0. The van der Waals surface area contributed by atoms with E-state index in [1.54, 1.807) is 0 Å². The molecule has 1 nitrogen and oxygen atoms in total. The van der Waals surface area contributed by atoms with Gasteiger partial charge in [-0.3, -0.25) is 4.79 Å². The van der Waals surface area contributed by atoms with Crippen LogP contribution in [0.25, 0.3) is 10.8 Å². The van der Waals surface area contributed by atoms with Crippen LogP contribution in [0.15, 0.2) is 42.5 Å². The highest BCUT2D eigenvalue weighted by Crippen LogP contribution is 2.26. The lowest BCUT2D eigenvalue weighted by atomic mass is 9.84. The minimum absolute atomic E-state index is 0.320. The van der Waals surface area contributed by atoms with Crippen LogP contribution >= 0.6 is 0 Å². The molecule has 1 aliphatic carbocycles. The molecule has 0 atom stereocenters. The van der Waals surface area contributed by atoms with Crippen molar-refractivity contribution < 1.29 is 4.79 Å². The summed E-state index contributed by atoms with van der Waals surface area (Å²) in [7, 11) is 0. The second-order valence-electron chi connectivity index (χ2n) is 5.66. The largest absolute Gasteiger partial charge is 0.299 e. The first-order valence-electron chi connectivity index (χ1n) is 7.33. The number of hydrogen-bond donors (Lipinski definition) is 0. The number of ketones is 1. The highest BCUT2D eigenvalue weighted by Gasteiger charge is 2.20. The molecule has 0 saturated heterocycles. The van der Waals surface area contributed by atoms with E-state index in [1.807, 2.05) is 0 Å². The van der Waals surface area contributed by atoms with Crippen LogP contribution in [0.3, 0.4) is 0 Å². The fourth-order valence-corrected chi connectivity index (χ4v) is 3.12. The van der Waals surface area contributed by atoms with Crippen LogP contribution in [0.4, 0.5) is 0 Å². The number of carbonyl (C=O) groups excluding carboxylic acids is 1. The summed E-state index contributed by atoms with van der Waals surface area (Å²) >= 11 is 0. The minimum atomic E-state index is 0.320. The van der Waals surface area contributed by atoms with E-state index in [0.29, 0.717) is 18.1 Å². The van der Waals surface area contributed by atoms with Crippen LogP contribution in [-0.4, -0.2) is 5.78 Å². The van der Waals surface area contributed by atoms with Gasteiger partial charge in [0, 0.05) is 12.3 Å². The summed E-state index contributed by atoms with van der Waals surface area (Å²) in [4.78, 5) is 12.3. The van der Waals surface area contributed by atoms with Gasteiger partial charge in [-0.25, -0.2) is 0 Å². The molecule has 0 radical (unpaired) electrons. The van der Waals surface area contributed by atoms with Crippen molar-refractivity contribution in [3.63, 3.8) is 0 Å². The molecule has 1 aliphatic rings. The first kappa shape index (κ1) is 12.4. The molecule has 19 heavy (non-hydrogen) atoms. The van der Waals surface area contributed by atoms with Crippen molar-refractivity contribution in [1.82, 2.24) is 0 Å². The van der Waals surface area contributed by atoms with Crippen molar-refractivity contribution in [3.8, 4) is 0 Å². The standard InChI is InChI=1S/C18H20O/c19-18(16-7-2-1-3-8-16)13-14-10-11-15-6-4-5-9-17(15)12-14/h4-6,9-12,16H,1-3,7-8,13H2. The lowest BCUT2D eigenvalue weighted by Crippen LogP contribution is -2.19. The molecule has 1 heteroatoms. The molecule has 0 unspecified atom stereocenters.